The maximum absolute atomic E-state index is 2.42. The van der Waals surface area contributed by atoms with E-state index in [-0.39, 0.29) is 0 Å². The molecule has 0 amide bonds. The molecule has 0 aliphatic carbocycles. The van der Waals surface area contributed by atoms with Crippen molar-refractivity contribution in [1.82, 2.24) is 0 Å². The van der Waals surface area contributed by atoms with Gasteiger partial charge in [-0.3, -0.25) is 0 Å². The Kier molecular flexibility index (Phi) is 8.90. The fourth-order valence-electron chi connectivity index (χ4n) is 9.84. The Morgan fingerprint density at radius 1 is 0.206 bits per heavy atom. The zero-order chi connectivity index (χ0) is 41.7. The van der Waals surface area contributed by atoms with Crippen LogP contribution in [0.25, 0.3) is 98.4 Å². The van der Waals surface area contributed by atoms with Gasteiger partial charge < -0.3 is 4.90 Å². The highest BCUT2D eigenvalue weighted by Crippen LogP contribution is 2.46. The Bertz CT molecular complexity index is 3650. The van der Waals surface area contributed by atoms with Gasteiger partial charge in [-0.1, -0.05) is 200 Å². The van der Waals surface area contributed by atoms with Crippen LogP contribution in [-0.2, 0) is 0 Å². The van der Waals surface area contributed by atoms with Crippen LogP contribution in [0.3, 0.4) is 0 Å². The second-order valence-corrected chi connectivity index (χ2v) is 16.4. The van der Waals surface area contributed by atoms with E-state index in [1.165, 1.54) is 98.4 Å². The van der Waals surface area contributed by atoms with Crippen LogP contribution in [0.4, 0.5) is 17.1 Å². The molecule has 1 nitrogen and oxygen atoms in total. The van der Waals surface area contributed by atoms with Crippen LogP contribution in [-0.4, -0.2) is 0 Å². The first kappa shape index (κ1) is 36.6. The zero-order valence-corrected chi connectivity index (χ0v) is 34.6. The van der Waals surface area contributed by atoms with E-state index in [4.69, 9.17) is 0 Å². The quantitative estimate of drug-likeness (QED) is 0.145. The minimum atomic E-state index is 1.08. The van der Waals surface area contributed by atoms with Crippen molar-refractivity contribution in [3.8, 4) is 44.5 Å². The maximum Gasteiger partial charge on any atom is 0.0468 e. The molecule has 0 bridgehead atoms. The van der Waals surface area contributed by atoms with Crippen molar-refractivity contribution >= 4 is 70.9 Å². The molecule has 0 fully saturated rings. The van der Waals surface area contributed by atoms with Gasteiger partial charge in [-0.25, -0.2) is 0 Å². The van der Waals surface area contributed by atoms with E-state index in [2.05, 4.69) is 254 Å². The van der Waals surface area contributed by atoms with E-state index < -0.39 is 0 Å². The number of nitrogens with zero attached hydrogens (tertiary/aromatic N) is 1. The number of rotatable bonds is 7. The van der Waals surface area contributed by atoms with Crippen molar-refractivity contribution in [2.45, 2.75) is 0 Å². The van der Waals surface area contributed by atoms with Crippen molar-refractivity contribution in [2.24, 2.45) is 0 Å². The van der Waals surface area contributed by atoms with E-state index in [1.807, 2.05) is 0 Å². The van der Waals surface area contributed by atoms with Gasteiger partial charge in [0.05, 0.1) is 0 Å². The summed E-state index contributed by atoms with van der Waals surface area (Å²) in [5.74, 6) is 0. The standard InChI is InChI=1S/C62H41N/c1-3-16-42(17-4-1)46-23-15-24-50(38-46)63(49-33-30-45(31-34-49)59-39-47-21-8-10-25-52(47)56-28-13-14-29-57(56)59)51-35-37-53(43-18-5-2-6-19-43)61(41-51)60-40-48-22-9-12-27-55(48)62-54-26-11-7-20-44(54)32-36-58(60)62/h1-41H. The topological polar surface area (TPSA) is 3.24 Å². The Morgan fingerprint density at radius 3 is 1.48 bits per heavy atom. The SMILES string of the molecule is c1ccc(-c2cccc(N(c3ccc(-c4cc5ccccc5c5ccccc45)cc3)c3ccc(-c4ccccc4)c(-c4cc5ccccc5c5c4ccc4ccccc45)c3)c2)cc1. The molecule has 12 rings (SSSR count). The fourth-order valence-corrected chi connectivity index (χ4v) is 9.84. The molecule has 0 aliphatic rings. The molecule has 12 aromatic rings. The average molecular weight is 800 g/mol. The third-order valence-electron chi connectivity index (χ3n) is 12.8. The molecule has 0 saturated carbocycles. The van der Waals surface area contributed by atoms with E-state index in [9.17, 15) is 0 Å². The average Bonchev–Trinajstić information content (AvgIpc) is 3.36. The second-order valence-electron chi connectivity index (χ2n) is 16.4. The van der Waals surface area contributed by atoms with Gasteiger partial charge in [0.2, 0.25) is 0 Å². The molecule has 1 heteroatoms. The zero-order valence-electron chi connectivity index (χ0n) is 34.6. The Labute approximate surface area is 367 Å². The Balaban J connectivity index is 1.09. The minimum Gasteiger partial charge on any atom is -0.310 e. The first-order chi connectivity index (χ1) is 31.2. The van der Waals surface area contributed by atoms with Gasteiger partial charge in [-0.05, 0) is 147 Å². The highest BCUT2D eigenvalue weighted by Gasteiger charge is 2.20. The van der Waals surface area contributed by atoms with Gasteiger partial charge >= 0.3 is 0 Å². The predicted molar refractivity (Wildman–Crippen MR) is 270 cm³/mol. The number of hydrogen-bond donors (Lipinski definition) is 0. The maximum atomic E-state index is 2.42. The largest absolute Gasteiger partial charge is 0.310 e. The molecule has 0 aromatic heterocycles. The number of anilines is 3. The highest BCUT2D eigenvalue weighted by molar-refractivity contribution is 6.24. The predicted octanol–water partition coefficient (Wildman–Crippen LogP) is 17.6. The van der Waals surface area contributed by atoms with E-state index >= 15 is 0 Å². The van der Waals surface area contributed by atoms with Crippen molar-refractivity contribution in [2.75, 3.05) is 4.90 Å². The molecule has 0 spiro atoms. The van der Waals surface area contributed by atoms with Crippen molar-refractivity contribution < 1.29 is 0 Å². The van der Waals surface area contributed by atoms with Gasteiger partial charge in [-0.2, -0.15) is 0 Å². The van der Waals surface area contributed by atoms with Crippen molar-refractivity contribution in [1.29, 1.82) is 0 Å². The first-order valence-electron chi connectivity index (χ1n) is 21.7. The van der Waals surface area contributed by atoms with Crippen LogP contribution < -0.4 is 4.90 Å². The van der Waals surface area contributed by atoms with Crippen LogP contribution >= 0.6 is 0 Å². The number of benzene rings is 12. The monoisotopic (exact) mass is 799 g/mol. The molecule has 0 N–H and O–H groups in total. The molecule has 0 unspecified atom stereocenters. The van der Waals surface area contributed by atoms with Gasteiger partial charge in [0.1, 0.15) is 0 Å². The molecular weight excluding hydrogens is 759 g/mol. The van der Waals surface area contributed by atoms with Gasteiger partial charge in [0, 0.05) is 17.1 Å². The second kappa shape index (κ2) is 15.3. The third-order valence-corrected chi connectivity index (χ3v) is 12.8. The summed E-state index contributed by atoms with van der Waals surface area (Å²) in [6.45, 7) is 0. The van der Waals surface area contributed by atoms with E-state index in [0.717, 1.165) is 17.1 Å². The fraction of sp³-hybridized carbons (Fsp3) is 0. The summed E-state index contributed by atoms with van der Waals surface area (Å²) < 4.78 is 0. The third kappa shape index (κ3) is 6.42. The molecule has 294 valence electrons. The molecule has 0 saturated heterocycles. The molecular formula is C62H41N. The van der Waals surface area contributed by atoms with E-state index in [0.29, 0.717) is 0 Å². The van der Waals surface area contributed by atoms with Crippen molar-refractivity contribution in [3.05, 3.63) is 249 Å². The molecule has 63 heavy (non-hydrogen) atoms. The Hall–Kier alpha value is -8.26. The normalized spacial score (nSPS) is 11.5. The molecule has 12 aromatic carbocycles. The first-order valence-corrected chi connectivity index (χ1v) is 21.7. The van der Waals surface area contributed by atoms with Gasteiger partial charge in [0.15, 0.2) is 0 Å². The highest BCUT2D eigenvalue weighted by atomic mass is 15.1. The lowest BCUT2D eigenvalue weighted by Crippen LogP contribution is -2.10. The summed E-state index contributed by atoms with van der Waals surface area (Å²) in [5, 5.41) is 12.6. The number of fused-ring (bicyclic) bond motifs is 8. The summed E-state index contributed by atoms with van der Waals surface area (Å²) in [6.07, 6.45) is 0. The summed E-state index contributed by atoms with van der Waals surface area (Å²) >= 11 is 0. The number of hydrogen-bond acceptors (Lipinski definition) is 1. The minimum absolute atomic E-state index is 1.08. The van der Waals surface area contributed by atoms with Crippen molar-refractivity contribution in [3.63, 3.8) is 0 Å². The van der Waals surface area contributed by atoms with Crippen LogP contribution in [0, 0.1) is 0 Å². The summed E-state index contributed by atoms with van der Waals surface area (Å²) in [5.41, 5.74) is 12.8. The van der Waals surface area contributed by atoms with Crippen LogP contribution in [0.1, 0.15) is 0 Å². The smallest absolute Gasteiger partial charge is 0.0468 e. The van der Waals surface area contributed by atoms with Crippen LogP contribution in [0.2, 0.25) is 0 Å². The van der Waals surface area contributed by atoms with Gasteiger partial charge in [-0.15, -0.1) is 0 Å². The van der Waals surface area contributed by atoms with E-state index in [1.54, 1.807) is 0 Å². The molecule has 0 heterocycles. The summed E-state index contributed by atoms with van der Waals surface area (Å²) in [7, 11) is 0. The summed E-state index contributed by atoms with van der Waals surface area (Å²) in [6, 6.07) is 91.2. The summed E-state index contributed by atoms with van der Waals surface area (Å²) in [4.78, 5) is 2.42. The lowest BCUT2D eigenvalue weighted by molar-refractivity contribution is 1.28. The van der Waals surface area contributed by atoms with Gasteiger partial charge in [0.25, 0.3) is 0 Å². The Morgan fingerprint density at radius 2 is 0.730 bits per heavy atom. The lowest BCUT2D eigenvalue weighted by Gasteiger charge is -2.28. The van der Waals surface area contributed by atoms with Crippen LogP contribution in [0.5, 0.6) is 0 Å². The molecule has 0 aliphatic heterocycles. The lowest BCUT2D eigenvalue weighted by atomic mass is 9.87. The van der Waals surface area contributed by atoms with Crippen LogP contribution in [0.15, 0.2) is 249 Å². The molecule has 0 radical (unpaired) electrons. The molecule has 0 atom stereocenters.